The van der Waals surface area contributed by atoms with E-state index in [0.717, 1.165) is 11.3 Å². The molecule has 0 bridgehead atoms. The molecule has 1 heterocycles. The van der Waals surface area contributed by atoms with Crippen molar-refractivity contribution in [3.05, 3.63) is 39.0 Å². The highest BCUT2D eigenvalue weighted by atomic mass is 35.5. The van der Waals surface area contributed by atoms with E-state index in [-0.39, 0.29) is 21.4 Å². The third-order valence-corrected chi connectivity index (χ3v) is 3.52. The number of aromatic nitrogens is 1. The molecule has 0 aliphatic heterocycles. The highest BCUT2D eigenvalue weighted by Crippen LogP contribution is 2.34. The second kappa shape index (κ2) is 5.43. The summed E-state index contributed by atoms with van der Waals surface area (Å²) in [5.41, 5.74) is 5.91. The monoisotopic (exact) mass is 313 g/mol. The van der Waals surface area contributed by atoms with Crippen LogP contribution in [0.25, 0.3) is 10.6 Å². The first-order chi connectivity index (χ1) is 9.42. The van der Waals surface area contributed by atoms with Crippen LogP contribution in [0.3, 0.4) is 0 Å². The third kappa shape index (κ3) is 2.70. The number of hydrogen-bond acceptors (Lipinski definition) is 7. The van der Waals surface area contributed by atoms with Crippen LogP contribution in [-0.4, -0.2) is 23.0 Å². The van der Waals surface area contributed by atoms with Gasteiger partial charge < -0.3 is 10.5 Å². The minimum absolute atomic E-state index is 0.0184. The number of nitrogens with zero attached hydrogens (tertiary/aromatic N) is 2. The van der Waals surface area contributed by atoms with Crippen molar-refractivity contribution in [3.8, 4) is 10.6 Å². The number of nitrogen functional groups attached to an aromatic ring is 1. The Labute approximate surface area is 122 Å². The smallest absolute Gasteiger partial charge is 0.359 e. The number of carbonyl (C=O) groups is 1. The molecule has 0 radical (unpaired) electrons. The summed E-state index contributed by atoms with van der Waals surface area (Å²) < 4.78 is 4.54. The van der Waals surface area contributed by atoms with E-state index in [4.69, 9.17) is 17.3 Å². The zero-order valence-electron chi connectivity index (χ0n) is 10.1. The lowest BCUT2D eigenvalue weighted by Gasteiger charge is -1.98. The fourth-order valence-electron chi connectivity index (χ4n) is 1.50. The predicted molar refractivity (Wildman–Crippen MR) is 75.0 cm³/mol. The summed E-state index contributed by atoms with van der Waals surface area (Å²) in [5, 5.41) is 11.5. The van der Waals surface area contributed by atoms with Gasteiger partial charge in [-0.25, -0.2) is 9.78 Å². The lowest BCUT2D eigenvalue weighted by molar-refractivity contribution is -0.384. The van der Waals surface area contributed by atoms with Crippen molar-refractivity contribution in [3.63, 3.8) is 0 Å². The van der Waals surface area contributed by atoms with Gasteiger partial charge in [0.05, 0.1) is 12.0 Å². The van der Waals surface area contributed by atoms with Gasteiger partial charge in [-0.15, -0.1) is 0 Å². The Morgan fingerprint density at radius 1 is 1.50 bits per heavy atom. The molecule has 0 aliphatic carbocycles. The molecule has 0 saturated carbocycles. The maximum Gasteiger partial charge on any atom is 0.359 e. The van der Waals surface area contributed by atoms with Crippen LogP contribution in [0.4, 0.5) is 10.7 Å². The van der Waals surface area contributed by atoms with Gasteiger partial charge in [0.1, 0.15) is 10.0 Å². The van der Waals surface area contributed by atoms with Crippen molar-refractivity contribution in [2.24, 2.45) is 0 Å². The highest BCUT2D eigenvalue weighted by molar-refractivity contribution is 7.19. The first-order valence-corrected chi connectivity index (χ1v) is 6.41. The van der Waals surface area contributed by atoms with Crippen LogP contribution in [0.1, 0.15) is 10.5 Å². The number of nitrogens with two attached hydrogens (primary N) is 1. The van der Waals surface area contributed by atoms with Crippen molar-refractivity contribution in [1.82, 2.24) is 4.98 Å². The molecule has 0 atom stereocenters. The van der Waals surface area contributed by atoms with E-state index in [1.54, 1.807) is 0 Å². The lowest BCUT2D eigenvalue weighted by Crippen LogP contribution is -2.04. The number of ether oxygens (including phenoxy) is 1. The number of nitro benzene ring substituents is 1. The number of methoxy groups -OCH3 is 1. The number of nitro groups is 1. The van der Waals surface area contributed by atoms with Gasteiger partial charge in [0.25, 0.3) is 5.69 Å². The van der Waals surface area contributed by atoms with E-state index in [1.807, 2.05) is 0 Å². The van der Waals surface area contributed by atoms with Crippen LogP contribution >= 0.6 is 22.9 Å². The highest BCUT2D eigenvalue weighted by Gasteiger charge is 2.19. The van der Waals surface area contributed by atoms with Gasteiger partial charge in [-0.2, -0.15) is 0 Å². The molecule has 20 heavy (non-hydrogen) atoms. The molecule has 7 nitrogen and oxygen atoms in total. The Morgan fingerprint density at radius 2 is 2.20 bits per heavy atom. The van der Waals surface area contributed by atoms with Crippen molar-refractivity contribution in [2.75, 3.05) is 12.8 Å². The number of thiazole rings is 1. The van der Waals surface area contributed by atoms with Gasteiger partial charge in [-0.3, -0.25) is 10.1 Å². The Balaban J connectivity index is 2.52. The summed E-state index contributed by atoms with van der Waals surface area (Å²) in [6.45, 7) is 0. The summed E-state index contributed by atoms with van der Waals surface area (Å²) >= 11 is 6.85. The molecule has 2 rings (SSSR count). The molecule has 104 valence electrons. The zero-order chi connectivity index (χ0) is 14.9. The Bertz CT molecular complexity index is 701. The van der Waals surface area contributed by atoms with E-state index in [0.29, 0.717) is 10.6 Å². The van der Waals surface area contributed by atoms with Crippen LogP contribution in [0.2, 0.25) is 5.02 Å². The predicted octanol–water partition coefficient (Wildman–Crippen LogP) is 2.74. The summed E-state index contributed by atoms with van der Waals surface area (Å²) in [5.74, 6) is -0.665. The molecule has 1 aromatic carbocycles. The number of hydrogen-bond donors (Lipinski definition) is 1. The van der Waals surface area contributed by atoms with Crippen molar-refractivity contribution >= 4 is 39.6 Å². The van der Waals surface area contributed by atoms with Crippen LogP contribution in [0.15, 0.2) is 18.2 Å². The fraction of sp³-hybridized carbons (Fsp3) is 0.0909. The normalized spacial score (nSPS) is 10.3. The Hall–Kier alpha value is -2.19. The molecule has 9 heteroatoms. The van der Waals surface area contributed by atoms with Crippen LogP contribution < -0.4 is 5.73 Å². The Kier molecular flexibility index (Phi) is 3.86. The minimum atomic E-state index is -0.665. The molecular formula is C11H8ClN3O4S. The second-order valence-electron chi connectivity index (χ2n) is 3.68. The lowest BCUT2D eigenvalue weighted by atomic mass is 10.2. The second-order valence-corrected chi connectivity index (χ2v) is 5.15. The number of carbonyl (C=O) groups excluding carboxylic acids is 1. The van der Waals surface area contributed by atoms with E-state index in [9.17, 15) is 14.9 Å². The molecule has 0 unspecified atom stereocenters. The number of anilines is 1. The summed E-state index contributed by atoms with van der Waals surface area (Å²) in [6.07, 6.45) is 0. The molecule has 0 fully saturated rings. The molecule has 2 N–H and O–H groups in total. The van der Waals surface area contributed by atoms with Gasteiger partial charge in [0, 0.05) is 22.7 Å². The molecule has 0 spiro atoms. The maximum absolute atomic E-state index is 11.4. The molecular weight excluding hydrogens is 306 g/mol. The maximum atomic E-state index is 11.4. The first kappa shape index (κ1) is 14.2. The van der Waals surface area contributed by atoms with Crippen LogP contribution in [0.5, 0.6) is 0 Å². The van der Waals surface area contributed by atoms with Gasteiger partial charge in [0.15, 0.2) is 5.69 Å². The molecule has 2 aromatic rings. The van der Waals surface area contributed by atoms with Crippen molar-refractivity contribution < 1.29 is 14.5 Å². The Morgan fingerprint density at radius 3 is 2.80 bits per heavy atom. The van der Waals surface area contributed by atoms with Crippen molar-refractivity contribution in [1.29, 1.82) is 0 Å². The first-order valence-electron chi connectivity index (χ1n) is 5.22. The zero-order valence-corrected chi connectivity index (χ0v) is 11.7. The number of rotatable bonds is 3. The summed E-state index contributed by atoms with van der Waals surface area (Å²) in [7, 11) is 1.21. The fourth-order valence-corrected chi connectivity index (χ4v) is 2.54. The molecule has 0 aliphatic rings. The molecule has 0 amide bonds. The van der Waals surface area contributed by atoms with Gasteiger partial charge in [0.2, 0.25) is 0 Å². The number of esters is 1. The van der Waals surface area contributed by atoms with Crippen LogP contribution in [0, 0.1) is 10.1 Å². The third-order valence-electron chi connectivity index (χ3n) is 2.37. The van der Waals surface area contributed by atoms with Gasteiger partial charge in [-0.05, 0) is 6.07 Å². The van der Waals surface area contributed by atoms with E-state index in [2.05, 4.69) is 9.72 Å². The van der Waals surface area contributed by atoms with E-state index < -0.39 is 10.9 Å². The molecule has 0 saturated heterocycles. The topological polar surface area (TPSA) is 108 Å². The summed E-state index contributed by atoms with van der Waals surface area (Å²) in [6, 6.07) is 4.04. The van der Waals surface area contributed by atoms with Gasteiger partial charge in [-0.1, -0.05) is 22.9 Å². The van der Waals surface area contributed by atoms with E-state index >= 15 is 0 Å². The van der Waals surface area contributed by atoms with Crippen molar-refractivity contribution in [2.45, 2.75) is 0 Å². The number of halogens is 1. The SMILES string of the molecule is COC(=O)c1nc(-c2cc(Cl)cc([N+](=O)[O-])c2)sc1N. The quantitative estimate of drug-likeness (QED) is 0.530. The average molecular weight is 314 g/mol. The van der Waals surface area contributed by atoms with Crippen LogP contribution in [-0.2, 0) is 4.74 Å². The molecule has 1 aromatic heterocycles. The number of non-ortho nitro benzene ring substituents is 1. The number of benzene rings is 1. The van der Waals surface area contributed by atoms with E-state index in [1.165, 1.54) is 25.3 Å². The average Bonchev–Trinajstić information content (AvgIpc) is 2.79. The standard InChI is InChI=1S/C11H8ClN3O4S/c1-19-11(16)8-9(13)20-10(14-8)5-2-6(12)4-7(3-5)15(17)18/h2-4H,13H2,1H3. The largest absolute Gasteiger partial charge is 0.464 e. The summed E-state index contributed by atoms with van der Waals surface area (Å²) in [4.78, 5) is 25.7. The minimum Gasteiger partial charge on any atom is -0.464 e. The van der Waals surface area contributed by atoms with Gasteiger partial charge >= 0.3 is 5.97 Å².